The zero-order valence-corrected chi connectivity index (χ0v) is 26.3. The molecule has 0 saturated heterocycles. The minimum Gasteiger partial charge on any atom is -0.352 e. The highest BCUT2D eigenvalue weighted by atomic mass is 35.5. The van der Waals surface area contributed by atoms with Crippen LogP contribution in [0.4, 0.5) is 5.69 Å². The molecule has 1 saturated carbocycles. The summed E-state index contributed by atoms with van der Waals surface area (Å²) in [6.07, 6.45) is 5.44. The van der Waals surface area contributed by atoms with E-state index in [9.17, 15) is 18.0 Å². The monoisotopic (exact) mass is 629 g/mol. The summed E-state index contributed by atoms with van der Waals surface area (Å²) in [6, 6.07) is 19.5. The van der Waals surface area contributed by atoms with Crippen LogP contribution in [0, 0.1) is 6.92 Å². The van der Waals surface area contributed by atoms with Gasteiger partial charge < -0.3 is 10.2 Å². The number of sulfonamides is 1. The van der Waals surface area contributed by atoms with Crippen molar-refractivity contribution in [2.45, 2.75) is 75.9 Å². The molecule has 0 spiro atoms. The summed E-state index contributed by atoms with van der Waals surface area (Å²) >= 11 is 12.8. The number of hydrogen-bond acceptors (Lipinski definition) is 4. The minimum atomic E-state index is -4.23. The second-order valence-electron chi connectivity index (χ2n) is 10.7. The molecule has 0 heterocycles. The molecule has 7 nitrogen and oxygen atoms in total. The Morgan fingerprint density at radius 2 is 1.64 bits per heavy atom. The van der Waals surface area contributed by atoms with Gasteiger partial charge in [-0.25, -0.2) is 8.42 Å². The third-order valence-corrected chi connectivity index (χ3v) is 10.2. The largest absolute Gasteiger partial charge is 0.352 e. The highest BCUT2D eigenvalue weighted by Crippen LogP contribution is 2.35. The molecule has 0 aromatic heterocycles. The van der Waals surface area contributed by atoms with Crippen molar-refractivity contribution in [2.75, 3.05) is 10.8 Å². The van der Waals surface area contributed by atoms with Crippen molar-refractivity contribution in [3.05, 3.63) is 94.0 Å². The van der Waals surface area contributed by atoms with Crippen LogP contribution in [0.1, 0.15) is 56.6 Å². The maximum atomic E-state index is 14.3. The number of carbonyl (C=O) groups is 2. The molecule has 0 aliphatic heterocycles. The Hall–Kier alpha value is -3.07. The Bertz CT molecular complexity index is 1490. The fourth-order valence-electron chi connectivity index (χ4n) is 5.39. The van der Waals surface area contributed by atoms with E-state index in [0.29, 0.717) is 6.42 Å². The average Bonchev–Trinajstić information content (AvgIpc) is 2.98. The zero-order valence-electron chi connectivity index (χ0n) is 23.9. The molecule has 0 radical (unpaired) electrons. The quantitative estimate of drug-likeness (QED) is 0.254. The molecular weight excluding hydrogens is 593 g/mol. The normalized spacial score (nSPS) is 14.7. The summed E-state index contributed by atoms with van der Waals surface area (Å²) in [5, 5.41) is 3.33. The van der Waals surface area contributed by atoms with E-state index in [2.05, 4.69) is 5.32 Å². The van der Waals surface area contributed by atoms with Gasteiger partial charge in [0.25, 0.3) is 10.0 Å². The topological polar surface area (TPSA) is 86.8 Å². The highest BCUT2D eigenvalue weighted by molar-refractivity contribution is 7.92. The molecule has 1 fully saturated rings. The van der Waals surface area contributed by atoms with Crippen LogP contribution in [0.3, 0.4) is 0 Å². The lowest BCUT2D eigenvalue weighted by Crippen LogP contribution is -2.54. The highest BCUT2D eigenvalue weighted by Gasteiger charge is 2.35. The lowest BCUT2D eigenvalue weighted by molar-refractivity contribution is -0.140. The van der Waals surface area contributed by atoms with Crippen LogP contribution in [-0.4, -0.2) is 43.8 Å². The molecule has 1 N–H and O–H groups in total. The third-order valence-electron chi connectivity index (χ3n) is 7.58. The minimum absolute atomic E-state index is 0.00107. The molecule has 0 bridgehead atoms. The van der Waals surface area contributed by atoms with Crippen molar-refractivity contribution in [1.82, 2.24) is 10.2 Å². The molecule has 1 aliphatic carbocycles. The molecular formula is C32H37Cl2N3O4S. The summed E-state index contributed by atoms with van der Waals surface area (Å²) in [6.45, 7) is 3.38. The van der Waals surface area contributed by atoms with Gasteiger partial charge in [-0.2, -0.15) is 0 Å². The number of halogens is 2. The van der Waals surface area contributed by atoms with Crippen LogP contribution in [0.2, 0.25) is 10.0 Å². The SMILES string of the molecule is CCC(C(=O)NC1CCCCC1)N(Cc1cccc(C)c1)C(=O)CN(c1cccc(Cl)c1Cl)S(=O)(=O)c1ccccc1. The molecule has 1 unspecified atom stereocenters. The van der Waals surface area contributed by atoms with E-state index in [0.717, 1.165) is 47.5 Å². The smallest absolute Gasteiger partial charge is 0.264 e. The fourth-order valence-corrected chi connectivity index (χ4v) is 7.28. The van der Waals surface area contributed by atoms with Crippen LogP contribution >= 0.6 is 23.2 Å². The first-order valence-corrected chi connectivity index (χ1v) is 16.5. The molecule has 4 rings (SSSR count). The Labute approximate surface area is 258 Å². The first-order valence-electron chi connectivity index (χ1n) is 14.3. The summed E-state index contributed by atoms with van der Waals surface area (Å²) in [4.78, 5) is 29.4. The molecule has 10 heteroatoms. The maximum Gasteiger partial charge on any atom is 0.264 e. The van der Waals surface area contributed by atoms with Gasteiger partial charge in [0.2, 0.25) is 11.8 Å². The van der Waals surface area contributed by atoms with E-state index >= 15 is 0 Å². The predicted molar refractivity (Wildman–Crippen MR) is 168 cm³/mol. The first kappa shape index (κ1) is 31.9. The van der Waals surface area contributed by atoms with E-state index in [1.807, 2.05) is 38.1 Å². The van der Waals surface area contributed by atoms with E-state index in [-0.39, 0.29) is 39.1 Å². The van der Waals surface area contributed by atoms with Crippen LogP contribution in [-0.2, 0) is 26.2 Å². The second kappa shape index (κ2) is 14.4. The summed E-state index contributed by atoms with van der Waals surface area (Å²) in [5.41, 5.74) is 1.93. The van der Waals surface area contributed by atoms with Crippen molar-refractivity contribution in [3.8, 4) is 0 Å². The summed E-state index contributed by atoms with van der Waals surface area (Å²) < 4.78 is 28.9. The number of nitrogens with one attached hydrogen (secondary N) is 1. The number of carbonyl (C=O) groups excluding carboxylic acids is 2. The molecule has 1 aliphatic rings. The Kier molecular flexibility index (Phi) is 10.9. The van der Waals surface area contributed by atoms with E-state index in [1.54, 1.807) is 30.3 Å². The van der Waals surface area contributed by atoms with Crippen molar-refractivity contribution < 1.29 is 18.0 Å². The van der Waals surface area contributed by atoms with Crippen LogP contribution < -0.4 is 9.62 Å². The molecule has 2 amide bonds. The number of benzene rings is 3. The van der Waals surface area contributed by atoms with Crippen molar-refractivity contribution >= 4 is 50.7 Å². The third kappa shape index (κ3) is 7.65. The molecule has 224 valence electrons. The van der Waals surface area contributed by atoms with Crippen LogP contribution in [0.5, 0.6) is 0 Å². The summed E-state index contributed by atoms with van der Waals surface area (Å²) in [5.74, 6) is -0.763. The number of hydrogen-bond donors (Lipinski definition) is 1. The number of anilines is 1. The van der Waals surface area contributed by atoms with Gasteiger partial charge in [-0.1, -0.05) is 103 Å². The van der Waals surface area contributed by atoms with Crippen LogP contribution in [0.25, 0.3) is 0 Å². The Morgan fingerprint density at radius 1 is 0.952 bits per heavy atom. The fraction of sp³-hybridized carbons (Fsp3) is 0.375. The second-order valence-corrected chi connectivity index (χ2v) is 13.3. The summed E-state index contributed by atoms with van der Waals surface area (Å²) in [7, 11) is -4.23. The number of amides is 2. The molecule has 1 atom stereocenters. The lowest BCUT2D eigenvalue weighted by atomic mass is 9.95. The molecule has 3 aromatic carbocycles. The van der Waals surface area contributed by atoms with Gasteiger partial charge in [0.05, 0.1) is 20.6 Å². The van der Waals surface area contributed by atoms with Gasteiger partial charge in [-0.15, -0.1) is 0 Å². The van der Waals surface area contributed by atoms with Gasteiger partial charge in [0, 0.05) is 12.6 Å². The number of rotatable bonds is 11. The van der Waals surface area contributed by atoms with Crippen LogP contribution in [0.15, 0.2) is 77.7 Å². The number of nitrogens with zero attached hydrogens (tertiary/aromatic N) is 2. The maximum absolute atomic E-state index is 14.3. The van der Waals surface area contributed by atoms with Gasteiger partial charge in [-0.05, 0) is 56.0 Å². The molecule has 3 aromatic rings. The van der Waals surface area contributed by atoms with Crippen molar-refractivity contribution in [1.29, 1.82) is 0 Å². The van der Waals surface area contributed by atoms with Gasteiger partial charge in [0.1, 0.15) is 12.6 Å². The Morgan fingerprint density at radius 3 is 2.31 bits per heavy atom. The van der Waals surface area contributed by atoms with Crippen molar-refractivity contribution in [3.63, 3.8) is 0 Å². The zero-order chi connectivity index (χ0) is 30.3. The van der Waals surface area contributed by atoms with E-state index in [4.69, 9.17) is 23.2 Å². The first-order chi connectivity index (χ1) is 20.1. The van der Waals surface area contributed by atoms with Crippen molar-refractivity contribution in [2.24, 2.45) is 0 Å². The number of aryl methyl sites for hydroxylation is 1. The average molecular weight is 631 g/mol. The van der Waals surface area contributed by atoms with E-state index < -0.39 is 28.5 Å². The Balaban J connectivity index is 1.73. The molecule has 42 heavy (non-hydrogen) atoms. The van der Waals surface area contributed by atoms with Gasteiger partial charge in [0.15, 0.2) is 0 Å². The lowest BCUT2D eigenvalue weighted by Gasteiger charge is -2.34. The van der Waals surface area contributed by atoms with Gasteiger partial charge in [-0.3, -0.25) is 13.9 Å². The van der Waals surface area contributed by atoms with Gasteiger partial charge >= 0.3 is 0 Å². The predicted octanol–water partition coefficient (Wildman–Crippen LogP) is 6.75. The van der Waals surface area contributed by atoms with E-state index in [1.165, 1.54) is 23.1 Å². The standard InChI is InChI=1S/C32H37Cl2N3O4S/c1-3-28(32(39)35-25-14-6-4-7-15-25)36(21-24-13-10-12-23(2)20-24)30(38)22-37(29-19-11-18-27(33)31(29)34)42(40,41)26-16-8-5-9-17-26/h5,8-13,16-20,25,28H,3-4,6-7,14-15,21-22H2,1-2H3,(H,35,39).